The molecule has 302 valence electrons. The monoisotopic (exact) mass is 2710 g/mol. The van der Waals surface area contributed by atoms with Gasteiger partial charge in [0.1, 0.15) is 42.0 Å². The van der Waals surface area contributed by atoms with Crippen molar-refractivity contribution in [3.8, 4) is 0 Å². The minimum absolute atomic E-state index is 0.933. The third kappa shape index (κ3) is 10.7. The van der Waals surface area contributed by atoms with Crippen LogP contribution in [0.15, 0.2) is 0 Å². The maximum atomic E-state index is 12.5. The second-order valence-electron chi connectivity index (χ2n) is 8.96. The number of halogens is 31. The molecule has 0 aromatic rings. The number of hydrogen-bond acceptors (Lipinski definition) is 2. The minimum atomic E-state index is -4.84. The summed E-state index contributed by atoms with van der Waals surface area (Å²) in [7, 11) is -4.84. The fraction of sp³-hybridized carbons (Fsp3) is 1.00. The first-order valence-electron chi connectivity index (χ1n) is 10.1. The van der Waals surface area contributed by atoms with E-state index in [0.29, 0.717) is 0 Å². The Bertz CT molecular complexity index is 1380. The fourth-order valence-corrected chi connectivity index (χ4v) is 34.8. The molecule has 0 bridgehead atoms. The Balaban J connectivity index is 7.73. The van der Waals surface area contributed by atoms with Crippen LogP contribution in [0.4, 0.5) is 0 Å². The van der Waals surface area contributed by atoms with Crippen LogP contribution >= 0.6 is 494 Å². The van der Waals surface area contributed by atoms with Gasteiger partial charge in [-0.2, -0.15) is 8.42 Å². The quantitative estimate of drug-likeness (QED) is 0.139. The molecule has 0 saturated heterocycles. The van der Waals surface area contributed by atoms with Gasteiger partial charge >= 0.3 is 0 Å². The highest BCUT2D eigenvalue weighted by atomic mass is 80.0. The van der Waals surface area contributed by atoms with E-state index in [4.69, 9.17) is 0 Å². The molecule has 35 heteroatoms. The van der Waals surface area contributed by atoms with Crippen LogP contribution in [-0.4, -0.2) is 59.7 Å². The van der Waals surface area contributed by atoms with E-state index in [1.807, 2.05) is 0 Å². The highest BCUT2D eigenvalue weighted by Crippen LogP contribution is 2.83. The highest BCUT2D eigenvalue weighted by molar-refractivity contribution is 9.43. The zero-order chi connectivity index (χ0) is 42.0. The summed E-state index contributed by atoms with van der Waals surface area (Å²) in [5.41, 5.74) is 0. The first-order chi connectivity index (χ1) is 20.8. The first-order valence-corrected chi connectivity index (χ1v) is 36.1. The average molecular weight is 2740 g/mol. The SMILES string of the molecule is O=S(=O)(O)C(Br)(Br)C(Br)(Br)C(Br)(Br)C(Br)(Br)C(Br)(Br)C(Br)(Br)C(Br)(Br)C(Br)(Br)C(Br)(Br)C(Br)(Br)C(Br)(Br)C(Br)(Br)C(Br)(Br)C(Br)(Br)C(Br)(Br)Br. The van der Waals surface area contributed by atoms with E-state index < -0.39 is 56.9 Å². The molecule has 0 aliphatic heterocycles. The van der Waals surface area contributed by atoms with Gasteiger partial charge < -0.3 is 0 Å². The molecule has 0 heterocycles. The van der Waals surface area contributed by atoms with Gasteiger partial charge in [-0.1, -0.05) is 462 Å². The summed E-state index contributed by atoms with van der Waals surface area (Å²) >= 11 is 116. The van der Waals surface area contributed by atoms with Crippen LogP contribution in [0.25, 0.3) is 0 Å². The summed E-state index contributed by atoms with van der Waals surface area (Å²) in [6, 6.07) is 0. The predicted octanol–water partition coefficient (Wildman–Crippen LogP) is 22.5. The molecular formula is C15HBr31O3S. The molecule has 0 aliphatic carbocycles. The largest absolute Gasteiger partial charge is 0.293 e. The Morgan fingerprint density at radius 1 is 0.240 bits per heavy atom. The summed E-state index contributed by atoms with van der Waals surface area (Å²) in [5.74, 6) is 0. The Morgan fingerprint density at radius 2 is 0.360 bits per heavy atom. The van der Waals surface area contributed by atoms with Gasteiger partial charge in [0.25, 0.3) is 10.1 Å². The lowest BCUT2D eigenvalue weighted by molar-refractivity contribution is 0.470. The standard InChI is InChI=1S/C15HBr31O3S/c16-1(17,2(18,19)4(22,23)6(26,27)8(30,31)10(34,35)12(38,39)14(42,43)44)3(20,21)5(24,25)7(28,29)9(32,33)11(36,37)13(40,41)15(45,46)50(47,48)49/h(H,47,48,49). The Hall–Kier alpha value is 14.8. The summed E-state index contributed by atoms with van der Waals surface area (Å²) in [6.07, 6.45) is 0. The van der Waals surface area contributed by atoms with Gasteiger partial charge in [-0.3, -0.25) is 4.55 Å². The molecule has 0 amide bonds. The lowest BCUT2D eigenvalue weighted by atomic mass is 10.0. The Labute approximate surface area is 549 Å². The van der Waals surface area contributed by atoms with Crippen molar-refractivity contribution < 1.29 is 13.0 Å². The van der Waals surface area contributed by atoms with E-state index in [2.05, 4.69) is 494 Å². The molecule has 1 N–H and O–H groups in total. The third-order valence-electron chi connectivity index (χ3n) is 5.78. The maximum Gasteiger partial charge on any atom is 0.293 e. The van der Waals surface area contributed by atoms with Crippen LogP contribution in [0.2, 0.25) is 0 Å². The maximum absolute atomic E-state index is 12.5. The number of alkyl halides is 31. The minimum Gasteiger partial charge on any atom is -0.284 e. The molecule has 0 atom stereocenters. The fourth-order valence-electron chi connectivity index (χ4n) is 2.69. The van der Waals surface area contributed by atoms with Crippen LogP contribution in [0.5, 0.6) is 0 Å². The van der Waals surface area contributed by atoms with Gasteiger partial charge in [0, 0.05) is 0 Å². The van der Waals surface area contributed by atoms with Crippen LogP contribution in [0, 0.1) is 0 Å². The molecular weight excluding hydrogens is 2740 g/mol. The third-order valence-corrected chi connectivity index (χ3v) is 74.5. The summed E-state index contributed by atoms with van der Waals surface area (Å²) < 4.78 is 13.7. The van der Waals surface area contributed by atoms with E-state index >= 15 is 0 Å². The number of hydrogen-bond donors (Lipinski definition) is 1. The van der Waals surface area contributed by atoms with Crippen molar-refractivity contribution in [3.63, 3.8) is 0 Å². The molecule has 0 aromatic carbocycles. The molecule has 0 radical (unpaired) electrons. The topological polar surface area (TPSA) is 54.4 Å². The lowest BCUT2D eigenvalue weighted by Gasteiger charge is -2.61. The second kappa shape index (κ2) is 20.5. The first kappa shape index (κ1) is 64.8. The van der Waals surface area contributed by atoms with Crippen molar-refractivity contribution in [1.82, 2.24) is 0 Å². The van der Waals surface area contributed by atoms with E-state index in [9.17, 15) is 13.0 Å². The Kier molecular flexibility index (Phi) is 26.6. The molecule has 0 saturated carbocycles. The van der Waals surface area contributed by atoms with E-state index in [-0.39, 0.29) is 0 Å². The molecule has 0 aromatic heterocycles. The van der Waals surface area contributed by atoms with Crippen molar-refractivity contribution in [3.05, 3.63) is 0 Å². The molecule has 50 heavy (non-hydrogen) atoms. The summed E-state index contributed by atoms with van der Waals surface area (Å²) in [6.45, 7) is 0. The van der Waals surface area contributed by atoms with Gasteiger partial charge in [0.2, 0.25) is 2.57 Å². The summed E-state index contributed by atoms with van der Waals surface area (Å²) in [4.78, 5) is 0. The highest BCUT2D eigenvalue weighted by Gasteiger charge is 2.83. The average Bonchev–Trinajstić information content (AvgIpc) is 2.85. The van der Waals surface area contributed by atoms with Crippen LogP contribution in [0.3, 0.4) is 0 Å². The van der Waals surface area contributed by atoms with Gasteiger partial charge in [0.05, 0.1) is 0 Å². The number of rotatable bonds is 14. The predicted molar refractivity (Wildman–Crippen MR) is 329 cm³/mol. The molecule has 0 aliphatic rings. The van der Waals surface area contributed by atoms with Crippen molar-refractivity contribution in [2.75, 3.05) is 0 Å². The smallest absolute Gasteiger partial charge is 0.284 e. The van der Waals surface area contributed by atoms with Gasteiger partial charge in [-0.05, 0) is 31.9 Å². The van der Waals surface area contributed by atoms with E-state index in [0.717, 1.165) is 0 Å². The van der Waals surface area contributed by atoms with Gasteiger partial charge in [-0.25, -0.2) is 0 Å². The van der Waals surface area contributed by atoms with Crippen LogP contribution in [-0.2, 0) is 10.1 Å². The van der Waals surface area contributed by atoms with E-state index in [1.54, 1.807) is 0 Å². The van der Waals surface area contributed by atoms with Gasteiger partial charge in [0.15, 0.2) is 2.14 Å². The van der Waals surface area contributed by atoms with Crippen molar-refractivity contribution >= 4 is 504 Å². The van der Waals surface area contributed by atoms with Crippen LogP contribution in [0.1, 0.15) is 0 Å². The molecule has 0 rings (SSSR count). The normalized spacial score (nSPS) is 17.4. The lowest BCUT2D eigenvalue weighted by Crippen LogP contribution is -2.73. The van der Waals surface area contributed by atoms with Crippen molar-refractivity contribution in [2.45, 2.75) is 46.7 Å². The molecule has 0 unspecified atom stereocenters. The van der Waals surface area contributed by atoms with Gasteiger partial charge in [-0.15, -0.1) is 0 Å². The van der Waals surface area contributed by atoms with Crippen molar-refractivity contribution in [1.29, 1.82) is 0 Å². The van der Waals surface area contributed by atoms with Crippen LogP contribution < -0.4 is 0 Å². The summed E-state index contributed by atoms with van der Waals surface area (Å²) in [5, 5.41) is 0. The zero-order valence-corrected chi connectivity index (χ0v) is 70.9. The zero-order valence-electron chi connectivity index (χ0n) is 20.9. The van der Waals surface area contributed by atoms with Crippen molar-refractivity contribution in [2.24, 2.45) is 0 Å². The molecule has 3 nitrogen and oxygen atoms in total. The van der Waals surface area contributed by atoms with E-state index in [1.165, 1.54) is 0 Å². The molecule has 0 fully saturated rings. The molecule has 0 spiro atoms. The second-order valence-corrected chi connectivity index (χ2v) is 66.5. The Morgan fingerprint density at radius 3 is 0.480 bits per heavy atom.